The summed E-state index contributed by atoms with van der Waals surface area (Å²) in [6, 6.07) is 9.67. The van der Waals surface area contributed by atoms with Crippen molar-refractivity contribution in [2.24, 2.45) is 0 Å². The lowest BCUT2D eigenvalue weighted by molar-refractivity contribution is -0.384. The van der Waals surface area contributed by atoms with E-state index in [0.717, 1.165) is 13.1 Å². The summed E-state index contributed by atoms with van der Waals surface area (Å²) in [5.41, 5.74) is 1.65. The first-order valence-electron chi connectivity index (χ1n) is 8.99. The molecule has 0 aliphatic carbocycles. The van der Waals surface area contributed by atoms with Gasteiger partial charge in [0.15, 0.2) is 0 Å². The minimum Gasteiger partial charge on any atom is -0.365 e. The fourth-order valence-corrected chi connectivity index (χ4v) is 3.35. The molecule has 2 aromatic carbocycles. The number of nitro groups is 1. The third kappa shape index (κ3) is 3.56. The Kier molecular flexibility index (Phi) is 4.98. The van der Waals surface area contributed by atoms with Crippen LogP contribution >= 0.6 is 0 Å². The van der Waals surface area contributed by atoms with Gasteiger partial charge in [-0.05, 0) is 12.1 Å². The van der Waals surface area contributed by atoms with Crippen LogP contribution in [0.15, 0.2) is 42.7 Å². The zero-order valence-corrected chi connectivity index (χ0v) is 15.1. The van der Waals surface area contributed by atoms with Gasteiger partial charge in [0.1, 0.15) is 23.6 Å². The molecule has 1 fully saturated rings. The zero-order valence-electron chi connectivity index (χ0n) is 15.1. The Morgan fingerprint density at radius 2 is 2.00 bits per heavy atom. The van der Waals surface area contributed by atoms with Gasteiger partial charge in [-0.2, -0.15) is 0 Å². The van der Waals surface area contributed by atoms with Crippen LogP contribution in [0.3, 0.4) is 0 Å². The van der Waals surface area contributed by atoms with Gasteiger partial charge in [-0.25, -0.2) is 14.4 Å². The van der Waals surface area contributed by atoms with Gasteiger partial charge in [0, 0.05) is 49.7 Å². The predicted octanol–water partition coefficient (Wildman–Crippen LogP) is 2.70. The summed E-state index contributed by atoms with van der Waals surface area (Å²) in [4.78, 5) is 21.8. The van der Waals surface area contributed by atoms with Crippen LogP contribution in [-0.2, 0) is 6.54 Å². The quantitative estimate of drug-likeness (QED) is 0.517. The number of rotatable bonds is 5. The van der Waals surface area contributed by atoms with Crippen molar-refractivity contribution in [2.45, 2.75) is 6.54 Å². The predicted molar refractivity (Wildman–Crippen MR) is 105 cm³/mol. The summed E-state index contributed by atoms with van der Waals surface area (Å²) in [7, 11) is 0. The fourth-order valence-electron chi connectivity index (χ4n) is 3.35. The standard InChI is InChI=1S/C19H19FN6O2/c20-15-4-2-1-3-13(15)11-22-19-14-9-18(26(27)28)17(10-16(14)23-12-24-19)25-7-5-21-6-8-25/h1-4,9-10,12,21H,5-8,11H2,(H,22,23,24). The Morgan fingerprint density at radius 3 is 2.75 bits per heavy atom. The Morgan fingerprint density at radius 1 is 1.21 bits per heavy atom. The van der Waals surface area contributed by atoms with Crippen LogP contribution < -0.4 is 15.5 Å². The molecule has 1 aliphatic heterocycles. The molecule has 1 aromatic heterocycles. The van der Waals surface area contributed by atoms with Crippen LogP contribution in [0.5, 0.6) is 0 Å². The van der Waals surface area contributed by atoms with Crippen LogP contribution in [0, 0.1) is 15.9 Å². The minimum absolute atomic E-state index is 0.0122. The first kappa shape index (κ1) is 18.1. The second-order valence-corrected chi connectivity index (χ2v) is 6.52. The molecular weight excluding hydrogens is 363 g/mol. The number of fused-ring (bicyclic) bond motifs is 1. The normalized spacial score (nSPS) is 14.2. The monoisotopic (exact) mass is 382 g/mol. The molecule has 1 saturated heterocycles. The van der Waals surface area contributed by atoms with Crippen molar-refractivity contribution in [3.05, 3.63) is 64.2 Å². The third-order valence-corrected chi connectivity index (χ3v) is 4.79. The Hall–Kier alpha value is -3.33. The summed E-state index contributed by atoms with van der Waals surface area (Å²) >= 11 is 0. The molecule has 2 N–H and O–H groups in total. The molecule has 0 unspecified atom stereocenters. The van der Waals surface area contributed by atoms with Crippen molar-refractivity contribution >= 4 is 28.1 Å². The number of hydrogen-bond donors (Lipinski definition) is 2. The Bertz CT molecular complexity index is 1020. The average Bonchev–Trinajstić information content (AvgIpc) is 2.72. The molecule has 144 valence electrons. The van der Waals surface area contributed by atoms with E-state index in [1.54, 1.807) is 24.3 Å². The van der Waals surface area contributed by atoms with Gasteiger partial charge in [0.2, 0.25) is 0 Å². The van der Waals surface area contributed by atoms with E-state index in [-0.39, 0.29) is 23.0 Å². The topological polar surface area (TPSA) is 96.2 Å². The van der Waals surface area contributed by atoms with Gasteiger partial charge >= 0.3 is 0 Å². The fraction of sp³-hybridized carbons (Fsp3) is 0.263. The van der Waals surface area contributed by atoms with Crippen molar-refractivity contribution in [3.63, 3.8) is 0 Å². The van der Waals surface area contributed by atoms with Crippen molar-refractivity contribution < 1.29 is 9.31 Å². The molecule has 8 nitrogen and oxygen atoms in total. The number of halogens is 1. The number of anilines is 2. The summed E-state index contributed by atoms with van der Waals surface area (Å²) in [5.74, 6) is 0.114. The second kappa shape index (κ2) is 7.73. The van der Waals surface area contributed by atoms with Gasteiger partial charge in [0.05, 0.1) is 10.4 Å². The van der Waals surface area contributed by atoms with E-state index in [1.165, 1.54) is 18.5 Å². The summed E-state index contributed by atoms with van der Waals surface area (Å²) in [6.45, 7) is 3.14. The van der Waals surface area contributed by atoms with Crippen molar-refractivity contribution in [3.8, 4) is 0 Å². The Labute approximate surface area is 160 Å². The molecule has 0 amide bonds. The van der Waals surface area contributed by atoms with E-state index < -0.39 is 0 Å². The largest absolute Gasteiger partial charge is 0.365 e. The molecule has 1 aliphatic rings. The zero-order chi connectivity index (χ0) is 19.5. The van der Waals surface area contributed by atoms with E-state index in [1.807, 2.05) is 4.90 Å². The van der Waals surface area contributed by atoms with Crippen LogP contribution in [-0.4, -0.2) is 41.1 Å². The van der Waals surface area contributed by atoms with Gasteiger partial charge < -0.3 is 15.5 Å². The van der Waals surface area contributed by atoms with Gasteiger partial charge in [-0.1, -0.05) is 18.2 Å². The number of hydrogen-bond acceptors (Lipinski definition) is 7. The van der Waals surface area contributed by atoms with Gasteiger partial charge in [-0.15, -0.1) is 0 Å². The maximum Gasteiger partial charge on any atom is 0.293 e. The van der Waals surface area contributed by atoms with Crippen LogP contribution in [0.2, 0.25) is 0 Å². The second-order valence-electron chi connectivity index (χ2n) is 6.52. The lowest BCUT2D eigenvalue weighted by Gasteiger charge is -2.29. The molecule has 9 heteroatoms. The SMILES string of the molecule is O=[N+]([O-])c1cc2c(NCc3ccccc3F)ncnc2cc1N1CCNCC1. The van der Waals surface area contributed by atoms with Crippen molar-refractivity contribution in [1.82, 2.24) is 15.3 Å². The number of piperazine rings is 1. The highest BCUT2D eigenvalue weighted by Crippen LogP contribution is 2.34. The Balaban J connectivity index is 1.71. The van der Waals surface area contributed by atoms with Crippen LogP contribution in [0.1, 0.15) is 5.56 Å². The highest BCUT2D eigenvalue weighted by atomic mass is 19.1. The molecule has 2 heterocycles. The molecule has 0 spiro atoms. The molecule has 0 atom stereocenters. The highest BCUT2D eigenvalue weighted by Gasteiger charge is 2.23. The summed E-state index contributed by atoms with van der Waals surface area (Å²) in [5, 5.41) is 18.5. The highest BCUT2D eigenvalue weighted by molar-refractivity contribution is 5.94. The van der Waals surface area contributed by atoms with E-state index in [2.05, 4.69) is 20.6 Å². The number of nitro benzene ring substituents is 1. The van der Waals surface area contributed by atoms with E-state index in [0.29, 0.717) is 41.1 Å². The number of nitrogens with zero attached hydrogens (tertiary/aromatic N) is 4. The van der Waals surface area contributed by atoms with Crippen molar-refractivity contribution in [1.29, 1.82) is 0 Å². The first-order valence-corrected chi connectivity index (χ1v) is 8.99. The summed E-state index contributed by atoms with van der Waals surface area (Å²) < 4.78 is 13.9. The number of aromatic nitrogens is 2. The summed E-state index contributed by atoms with van der Waals surface area (Å²) in [6.07, 6.45) is 1.40. The van der Waals surface area contributed by atoms with E-state index >= 15 is 0 Å². The minimum atomic E-state index is -0.384. The maximum atomic E-state index is 13.9. The average molecular weight is 382 g/mol. The van der Waals surface area contributed by atoms with Crippen molar-refractivity contribution in [2.75, 3.05) is 36.4 Å². The molecule has 4 rings (SSSR count). The molecule has 0 radical (unpaired) electrons. The number of nitrogens with one attached hydrogen (secondary N) is 2. The smallest absolute Gasteiger partial charge is 0.293 e. The maximum absolute atomic E-state index is 13.9. The molecule has 3 aromatic rings. The van der Waals surface area contributed by atoms with Gasteiger partial charge in [0.25, 0.3) is 5.69 Å². The molecule has 0 bridgehead atoms. The lowest BCUT2D eigenvalue weighted by atomic mass is 10.1. The van der Waals surface area contributed by atoms with Gasteiger partial charge in [-0.3, -0.25) is 10.1 Å². The molecular formula is C19H19FN6O2. The van der Waals surface area contributed by atoms with Crippen LogP contribution in [0.25, 0.3) is 10.9 Å². The third-order valence-electron chi connectivity index (χ3n) is 4.79. The van der Waals surface area contributed by atoms with Crippen LogP contribution in [0.4, 0.5) is 21.6 Å². The van der Waals surface area contributed by atoms with E-state index in [9.17, 15) is 14.5 Å². The number of benzene rings is 2. The first-order chi connectivity index (χ1) is 13.6. The van der Waals surface area contributed by atoms with E-state index in [4.69, 9.17) is 0 Å². The lowest BCUT2D eigenvalue weighted by Crippen LogP contribution is -2.43. The molecule has 28 heavy (non-hydrogen) atoms. The molecule has 0 saturated carbocycles.